The number of aliphatic imine (C=N–C) groups is 1. The van der Waals surface area contributed by atoms with Gasteiger partial charge in [-0.1, -0.05) is 15.9 Å². The highest BCUT2D eigenvalue weighted by molar-refractivity contribution is 9.11. The summed E-state index contributed by atoms with van der Waals surface area (Å²) in [5.74, 6) is 5.87. The fourth-order valence-electron chi connectivity index (χ4n) is 1.06. The molecular formula is C9H11Br3N4. The molecule has 0 aliphatic heterocycles. The predicted molar refractivity (Wildman–Crippen MR) is 78.5 cm³/mol. The monoisotopic (exact) mass is 412 g/mol. The zero-order valence-electron chi connectivity index (χ0n) is 8.52. The molecule has 0 amide bonds. The minimum atomic E-state index is 0.520. The Hall–Kier alpha value is -0.110. The number of hydrogen-bond donors (Lipinski definition) is 3. The lowest BCUT2D eigenvalue weighted by molar-refractivity contribution is 0.985. The van der Waals surface area contributed by atoms with Crippen LogP contribution in [-0.2, 0) is 0 Å². The Kier molecular flexibility index (Phi) is 5.74. The van der Waals surface area contributed by atoms with E-state index in [1.165, 1.54) is 0 Å². The van der Waals surface area contributed by atoms with Crippen LogP contribution in [0.15, 0.2) is 30.5 Å². The topological polar surface area (TPSA) is 62.4 Å². The minimum Gasteiger partial charge on any atom is -0.323 e. The van der Waals surface area contributed by atoms with Crippen LogP contribution in [0.2, 0.25) is 0 Å². The quantitative estimate of drug-likeness (QED) is 0.301. The Morgan fingerprint density at radius 1 is 1.31 bits per heavy atom. The van der Waals surface area contributed by atoms with Gasteiger partial charge in [-0.2, -0.15) is 0 Å². The number of rotatable bonds is 2. The molecule has 4 nitrogen and oxygen atoms in total. The Labute approximate surface area is 119 Å². The summed E-state index contributed by atoms with van der Waals surface area (Å²) < 4.78 is 2.80. The van der Waals surface area contributed by atoms with E-state index in [1.807, 2.05) is 19.1 Å². The van der Waals surface area contributed by atoms with Gasteiger partial charge in [-0.3, -0.25) is 10.4 Å². The van der Waals surface area contributed by atoms with E-state index in [4.69, 9.17) is 5.84 Å². The molecule has 0 heterocycles. The van der Waals surface area contributed by atoms with Crippen molar-refractivity contribution in [2.75, 3.05) is 11.9 Å². The first-order valence-electron chi connectivity index (χ1n) is 4.51. The van der Waals surface area contributed by atoms with Gasteiger partial charge in [0.05, 0.1) is 5.69 Å². The molecule has 0 atom stereocenters. The van der Waals surface area contributed by atoms with Crippen molar-refractivity contribution >= 4 is 59.4 Å². The molecule has 0 aliphatic carbocycles. The van der Waals surface area contributed by atoms with Crippen molar-refractivity contribution in [3.8, 4) is 0 Å². The summed E-state index contributed by atoms with van der Waals surface area (Å²) >= 11 is 10.3. The lowest BCUT2D eigenvalue weighted by atomic mass is 10.3. The van der Waals surface area contributed by atoms with E-state index in [0.717, 1.165) is 19.1 Å². The van der Waals surface area contributed by atoms with E-state index in [0.29, 0.717) is 12.5 Å². The molecule has 0 aliphatic rings. The lowest BCUT2D eigenvalue weighted by Crippen LogP contribution is -2.36. The summed E-state index contributed by atoms with van der Waals surface area (Å²) in [5.41, 5.74) is 3.37. The van der Waals surface area contributed by atoms with Gasteiger partial charge in [0.15, 0.2) is 0 Å². The Morgan fingerprint density at radius 3 is 2.31 bits per heavy atom. The molecule has 0 saturated carbocycles. The molecule has 1 rings (SSSR count). The van der Waals surface area contributed by atoms with Crippen LogP contribution in [0.1, 0.15) is 6.92 Å². The number of nitrogens with two attached hydrogens (primary N) is 1. The van der Waals surface area contributed by atoms with Crippen LogP contribution in [0.4, 0.5) is 5.69 Å². The summed E-state index contributed by atoms with van der Waals surface area (Å²) in [6.45, 7) is 2.59. The molecule has 16 heavy (non-hydrogen) atoms. The van der Waals surface area contributed by atoms with Crippen molar-refractivity contribution < 1.29 is 0 Å². The molecule has 0 aromatic heterocycles. The normalized spacial score (nSPS) is 11.4. The van der Waals surface area contributed by atoms with Crippen LogP contribution >= 0.6 is 47.8 Å². The molecule has 0 radical (unpaired) electrons. The molecule has 0 bridgehead atoms. The van der Waals surface area contributed by atoms with Gasteiger partial charge in [0.1, 0.15) is 0 Å². The summed E-state index contributed by atoms with van der Waals surface area (Å²) in [5, 5.41) is 3.09. The number of benzene rings is 1. The molecule has 1 aromatic rings. The summed E-state index contributed by atoms with van der Waals surface area (Å²) in [7, 11) is 0. The zero-order valence-corrected chi connectivity index (χ0v) is 13.3. The Bertz CT molecular complexity index is 383. The number of anilines is 1. The average molecular weight is 415 g/mol. The van der Waals surface area contributed by atoms with Gasteiger partial charge in [-0.25, -0.2) is 5.84 Å². The number of nitrogens with one attached hydrogen (secondary N) is 2. The fraction of sp³-hybridized carbons (Fsp3) is 0.222. The van der Waals surface area contributed by atoms with Crippen molar-refractivity contribution in [3.05, 3.63) is 25.6 Å². The van der Waals surface area contributed by atoms with Crippen molar-refractivity contribution in [1.29, 1.82) is 0 Å². The third-order valence-corrected chi connectivity index (χ3v) is 3.41. The first-order valence-corrected chi connectivity index (χ1v) is 6.89. The van der Waals surface area contributed by atoms with Crippen molar-refractivity contribution in [2.45, 2.75) is 6.92 Å². The summed E-state index contributed by atoms with van der Waals surface area (Å²) in [6.07, 6.45) is 0. The van der Waals surface area contributed by atoms with E-state index >= 15 is 0 Å². The maximum atomic E-state index is 5.35. The van der Waals surface area contributed by atoms with Crippen LogP contribution in [0.25, 0.3) is 0 Å². The summed E-state index contributed by atoms with van der Waals surface area (Å²) in [4.78, 5) is 4.16. The number of guanidine groups is 1. The molecular weight excluding hydrogens is 404 g/mol. The standard InChI is InChI=1S/C9H11Br3N4/c1-2-14-9(16-13)15-8-6(11)3-5(10)4-7(8)12/h3-4H,2,13H2,1H3,(H2,14,15,16). The smallest absolute Gasteiger partial charge is 0.210 e. The highest BCUT2D eigenvalue weighted by Gasteiger charge is 2.08. The Balaban J connectivity index is 3.01. The average Bonchev–Trinajstić information content (AvgIpc) is 2.21. The third kappa shape index (κ3) is 3.73. The second-order valence-corrected chi connectivity index (χ2v) is 5.46. The van der Waals surface area contributed by atoms with Gasteiger partial charge in [0.2, 0.25) is 5.96 Å². The maximum Gasteiger partial charge on any atom is 0.210 e. The molecule has 88 valence electrons. The summed E-state index contributed by atoms with van der Waals surface area (Å²) in [6, 6.07) is 3.88. The molecule has 0 saturated heterocycles. The maximum absolute atomic E-state index is 5.35. The van der Waals surface area contributed by atoms with Crippen molar-refractivity contribution in [2.24, 2.45) is 10.8 Å². The number of halogens is 3. The molecule has 0 fully saturated rings. The van der Waals surface area contributed by atoms with E-state index in [9.17, 15) is 0 Å². The van der Waals surface area contributed by atoms with Gasteiger partial charge in [0.25, 0.3) is 0 Å². The van der Waals surface area contributed by atoms with Crippen molar-refractivity contribution in [3.63, 3.8) is 0 Å². The van der Waals surface area contributed by atoms with Gasteiger partial charge in [-0.05, 0) is 50.9 Å². The molecule has 1 aromatic carbocycles. The second kappa shape index (κ2) is 6.58. The first kappa shape index (κ1) is 14.0. The fourth-order valence-corrected chi connectivity index (χ4v) is 3.52. The molecule has 0 spiro atoms. The largest absolute Gasteiger partial charge is 0.323 e. The van der Waals surface area contributed by atoms with Gasteiger partial charge in [0, 0.05) is 20.0 Å². The van der Waals surface area contributed by atoms with Gasteiger partial charge < -0.3 is 5.32 Å². The number of hydrogen-bond acceptors (Lipinski definition) is 2. The van der Waals surface area contributed by atoms with Gasteiger partial charge >= 0.3 is 0 Å². The van der Waals surface area contributed by atoms with Crippen molar-refractivity contribution in [1.82, 2.24) is 5.43 Å². The Morgan fingerprint density at radius 2 is 1.88 bits per heavy atom. The van der Waals surface area contributed by atoms with Gasteiger partial charge in [-0.15, -0.1) is 0 Å². The lowest BCUT2D eigenvalue weighted by Gasteiger charge is -2.12. The van der Waals surface area contributed by atoms with Crippen LogP contribution in [0.5, 0.6) is 0 Å². The molecule has 4 N–H and O–H groups in total. The molecule has 7 heteroatoms. The van der Waals surface area contributed by atoms with Crippen LogP contribution in [0, 0.1) is 0 Å². The zero-order chi connectivity index (χ0) is 12.1. The van der Waals surface area contributed by atoms with Crippen LogP contribution in [0.3, 0.4) is 0 Å². The first-order chi connectivity index (χ1) is 7.58. The molecule has 0 unspecified atom stereocenters. The SMILES string of the molecule is CCN=C(NN)Nc1c(Br)cc(Br)cc1Br. The second-order valence-electron chi connectivity index (χ2n) is 2.84. The van der Waals surface area contributed by atoms with Crippen LogP contribution in [-0.4, -0.2) is 12.5 Å². The highest BCUT2D eigenvalue weighted by atomic mass is 79.9. The van der Waals surface area contributed by atoms with Crippen LogP contribution < -0.4 is 16.6 Å². The highest BCUT2D eigenvalue weighted by Crippen LogP contribution is 2.34. The van der Waals surface area contributed by atoms with E-state index in [2.05, 4.69) is 63.5 Å². The predicted octanol–water partition coefficient (Wildman–Crippen LogP) is 3.23. The van der Waals surface area contributed by atoms with E-state index in [1.54, 1.807) is 0 Å². The van der Waals surface area contributed by atoms with E-state index < -0.39 is 0 Å². The minimum absolute atomic E-state index is 0.520. The van der Waals surface area contributed by atoms with E-state index in [-0.39, 0.29) is 0 Å². The third-order valence-electron chi connectivity index (χ3n) is 1.70. The number of nitrogens with zero attached hydrogens (tertiary/aromatic N) is 1. The number of hydrazine groups is 1.